The molecule has 0 aliphatic heterocycles. The van der Waals surface area contributed by atoms with Gasteiger partial charge in [-0.05, 0) is 12.5 Å². The largest absolute Gasteiger partial charge is 0.312 e. The number of sulfone groups is 1. The van der Waals surface area contributed by atoms with E-state index in [1.54, 1.807) is 19.1 Å². The Morgan fingerprint density at radius 3 is 2.61 bits per heavy atom. The number of rotatable bonds is 6. The smallest absolute Gasteiger partial charge is 0.272 e. The number of nitro groups is 1. The van der Waals surface area contributed by atoms with E-state index in [0.717, 1.165) is 5.56 Å². The van der Waals surface area contributed by atoms with Crippen LogP contribution in [0, 0.1) is 17.0 Å². The normalized spacial score (nSPS) is 11.4. The molecule has 0 bridgehead atoms. The Morgan fingerprint density at radius 2 is 2.06 bits per heavy atom. The molecule has 0 radical (unpaired) electrons. The van der Waals surface area contributed by atoms with Crippen LogP contribution in [0.4, 0.5) is 5.69 Å². The molecule has 100 valence electrons. The van der Waals surface area contributed by atoms with Crippen LogP contribution >= 0.6 is 0 Å². The molecule has 0 aliphatic carbocycles. The van der Waals surface area contributed by atoms with E-state index in [4.69, 9.17) is 0 Å². The van der Waals surface area contributed by atoms with Crippen molar-refractivity contribution in [2.24, 2.45) is 0 Å². The zero-order chi connectivity index (χ0) is 13.8. The Kier molecular flexibility index (Phi) is 4.80. The zero-order valence-corrected chi connectivity index (χ0v) is 11.2. The van der Waals surface area contributed by atoms with Crippen molar-refractivity contribution >= 4 is 15.5 Å². The summed E-state index contributed by atoms with van der Waals surface area (Å²) in [5.41, 5.74) is 1.49. The number of nitro benzene ring substituents is 1. The first-order chi connectivity index (χ1) is 8.31. The highest BCUT2D eigenvalue weighted by Gasteiger charge is 2.12. The third kappa shape index (κ3) is 4.42. The van der Waals surface area contributed by atoms with Gasteiger partial charge < -0.3 is 5.32 Å². The summed E-state index contributed by atoms with van der Waals surface area (Å²) >= 11 is 0. The van der Waals surface area contributed by atoms with Gasteiger partial charge in [-0.1, -0.05) is 12.1 Å². The zero-order valence-electron chi connectivity index (χ0n) is 10.3. The van der Waals surface area contributed by atoms with Gasteiger partial charge in [0.1, 0.15) is 9.84 Å². The maximum atomic E-state index is 10.9. The van der Waals surface area contributed by atoms with Crippen molar-refractivity contribution in [1.82, 2.24) is 5.32 Å². The summed E-state index contributed by atoms with van der Waals surface area (Å²) < 4.78 is 21.8. The second-order valence-electron chi connectivity index (χ2n) is 4.13. The lowest BCUT2D eigenvalue weighted by Gasteiger charge is -2.07. The van der Waals surface area contributed by atoms with E-state index in [1.165, 1.54) is 12.3 Å². The van der Waals surface area contributed by atoms with Crippen molar-refractivity contribution in [3.63, 3.8) is 0 Å². The average molecular weight is 272 g/mol. The fourth-order valence-corrected chi connectivity index (χ4v) is 2.05. The Hall–Kier alpha value is -1.47. The third-order valence-electron chi connectivity index (χ3n) is 2.58. The molecule has 0 heterocycles. The molecule has 0 amide bonds. The van der Waals surface area contributed by atoms with E-state index < -0.39 is 14.8 Å². The predicted molar refractivity (Wildman–Crippen MR) is 69.3 cm³/mol. The minimum atomic E-state index is -2.98. The number of nitrogens with one attached hydrogen (secondary N) is 1. The monoisotopic (exact) mass is 272 g/mol. The molecule has 0 fully saturated rings. The lowest BCUT2D eigenvalue weighted by atomic mass is 10.1. The van der Waals surface area contributed by atoms with Gasteiger partial charge in [0.15, 0.2) is 0 Å². The fourth-order valence-electron chi connectivity index (χ4n) is 1.54. The number of hydrogen-bond acceptors (Lipinski definition) is 5. The number of nitrogens with zero attached hydrogens (tertiary/aromatic N) is 1. The molecule has 1 aromatic carbocycles. The maximum absolute atomic E-state index is 10.9. The van der Waals surface area contributed by atoms with Gasteiger partial charge in [-0.2, -0.15) is 0 Å². The maximum Gasteiger partial charge on any atom is 0.272 e. The molecule has 0 aromatic heterocycles. The lowest BCUT2D eigenvalue weighted by molar-refractivity contribution is -0.385. The molecule has 1 aromatic rings. The van der Waals surface area contributed by atoms with E-state index in [-0.39, 0.29) is 11.4 Å². The van der Waals surface area contributed by atoms with Crippen LogP contribution in [0.15, 0.2) is 18.2 Å². The summed E-state index contributed by atoms with van der Waals surface area (Å²) in [6, 6.07) is 4.86. The van der Waals surface area contributed by atoms with Crippen LogP contribution in [-0.4, -0.2) is 31.9 Å². The van der Waals surface area contributed by atoms with Gasteiger partial charge in [-0.15, -0.1) is 0 Å². The fraction of sp³-hybridized carbons (Fsp3) is 0.455. The summed E-state index contributed by atoms with van der Waals surface area (Å²) in [7, 11) is -2.98. The van der Waals surface area contributed by atoms with Crippen molar-refractivity contribution in [3.05, 3.63) is 39.4 Å². The molecule has 7 heteroatoms. The molecule has 1 rings (SSSR count). The first kappa shape index (κ1) is 14.6. The van der Waals surface area contributed by atoms with E-state index >= 15 is 0 Å². The molecule has 0 saturated carbocycles. The summed E-state index contributed by atoms with van der Waals surface area (Å²) in [5.74, 6) is 0.0565. The quantitative estimate of drug-likeness (QED) is 0.475. The summed E-state index contributed by atoms with van der Waals surface area (Å²) in [6.45, 7) is 2.44. The van der Waals surface area contributed by atoms with Gasteiger partial charge in [-0.3, -0.25) is 10.1 Å². The van der Waals surface area contributed by atoms with Crippen LogP contribution in [0.3, 0.4) is 0 Å². The number of hydrogen-bond donors (Lipinski definition) is 1. The second-order valence-corrected chi connectivity index (χ2v) is 6.38. The third-order valence-corrected chi connectivity index (χ3v) is 3.52. The van der Waals surface area contributed by atoms with Crippen molar-refractivity contribution < 1.29 is 13.3 Å². The Balaban J connectivity index is 2.63. The highest BCUT2D eigenvalue weighted by molar-refractivity contribution is 7.90. The topological polar surface area (TPSA) is 89.3 Å². The van der Waals surface area contributed by atoms with Crippen molar-refractivity contribution in [2.75, 3.05) is 18.6 Å². The van der Waals surface area contributed by atoms with Crippen molar-refractivity contribution in [3.8, 4) is 0 Å². The highest BCUT2D eigenvalue weighted by Crippen LogP contribution is 2.20. The SMILES string of the molecule is Cc1c(CNCCS(C)(=O)=O)cccc1[N+](=O)[O-]. The summed E-state index contributed by atoms with van der Waals surface area (Å²) in [4.78, 5) is 10.3. The molecule has 0 unspecified atom stereocenters. The van der Waals surface area contributed by atoms with Crippen LogP contribution in [0.1, 0.15) is 11.1 Å². The van der Waals surface area contributed by atoms with Gasteiger partial charge in [0.25, 0.3) is 5.69 Å². The van der Waals surface area contributed by atoms with Crippen LogP contribution in [0.5, 0.6) is 0 Å². The van der Waals surface area contributed by atoms with Gasteiger partial charge in [0.2, 0.25) is 0 Å². The van der Waals surface area contributed by atoms with E-state index in [2.05, 4.69) is 5.32 Å². The molecule has 0 aliphatic rings. The minimum absolute atomic E-state index is 0.0565. The number of benzene rings is 1. The average Bonchev–Trinajstić information content (AvgIpc) is 2.24. The summed E-state index contributed by atoms with van der Waals surface area (Å²) in [6.07, 6.45) is 1.17. The molecule has 6 nitrogen and oxygen atoms in total. The van der Waals surface area contributed by atoms with Crippen molar-refractivity contribution in [2.45, 2.75) is 13.5 Å². The van der Waals surface area contributed by atoms with Crippen LogP contribution in [-0.2, 0) is 16.4 Å². The molecular weight excluding hydrogens is 256 g/mol. The van der Waals surface area contributed by atoms with Gasteiger partial charge >= 0.3 is 0 Å². The first-order valence-electron chi connectivity index (χ1n) is 5.42. The van der Waals surface area contributed by atoms with Gasteiger partial charge in [0, 0.05) is 31.0 Å². The van der Waals surface area contributed by atoms with E-state index in [0.29, 0.717) is 18.7 Å². The molecule has 18 heavy (non-hydrogen) atoms. The standard InChI is InChI=1S/C11H16N2O4S/c1-9-10(4-3-5-11(9)13(14)15)8-12-6-7-18(2,16)17/h3-5,12H,6-8H2,1-2H3. The minimum Gasteiger partial charge on any atom is -0.312 e. The highest BCUT2D eigenvalue weighted by atomic mass is 32.2. The van der Waals surface area contributed by atoms with Crippen LogP contribution in [0.2, 0.25) is 0 Å². The Morgan fingerprint density at radius 1 is 1.39 bits per heavy atom. The second kappa shape index (κ2) is 5.92. The molecule has 1 N–H and O–H groups in total. The van der Waals surface area contributed by atoms with Crippen LogP contribution in [0.25, 0.3) is 0 Å². The van der Waals surface area contributed by atoms with Gasteiger partial charge in [0.05, 0.1) is 10.7 Å². The molecule has 0 spiro atoms. The summed E-state index contributed by atoms with van der Waals surface area (Å²) in [5, 5.41) is 13.7. The van der Waals surface area contributed by atoms with E-state index in [9.17, 15) is 18.5 Å². The van der Waals surface area contributed by atoms with Crippen molar-refractivity contribution in [1.29, 1.82) is 0 Å². The molecular formula is C11H16N2O4S. The predicted octanol–water partition coefficient (Wildman–Crippen LogP) is 1.04. The Labute approximate surface area is 106 Å². The molecule has 0 saturated heterocycles. The Bertz CT molecular complexity index is 540. The first-order valence-corrected chi connectivity index (χ1v) is 7.48. The van der Waals surface area contributed by atoms with E-state index in [1.807, 2.05) is 0 Å². The van der Waals surface area contributed by atoms with Gasteiger partial charge in [-0.25, -0.2) is 8.42 Å². The van der Waals surface area contributed by atoms with Crippen LogP contribution < -0.4 is 5.32 Å². The molecule has 0 atom stereocenters. The lowest BCUT2D eigenvalue weighted by Crippen LogP contribution is -2.22.